The third-order valence-corrected chi connectivity index (χ3v) is 6.28. The van der Waals surface area contributed by atoms with E-state index in [0.717, 1.165) is 48.9 Å². The summed E-state index contributed by atoms with van der Waals surface area (Å²) in [6.45, 7) is 1.95. The van der Waals surface area contributed by atoms with E-state index in [2.05, 4.69) is 25.6 Å². The molecule has 0 radical (unpaired) electrons. The largest absolute Gasteiger partial charge is 0.462 e. The maximum absolute atomic E-state index is 13.7. The Balaban J connectivity index is 1.51. The van der Waals surface area contributed by atoms with Crippen LogP contribution in [0.2, 0.25) is 0 Å². The van der Waals surface area contributed by atoms with Gasteiger partial charge in [0.05, 0.1) is 17.4 Å². The molecule has 1 unspecified atom stereocenters. The van der Waals surface area contributed by atoms with E-state index < -0.39 is 6.17 Å². The van der Waals surface area contributed by atoms with Crippen molar-refractivity contribution in [3.05, 3.63) is 30.1 Å². The van der Waals surface area contributed by atoms with E-state index in [4.69, 9.17) is 4.74 Å². The predicted octanol–water partition coefficient (Wildman–Crippen LogP) is 3.66. The standard InChI is InChI=1S/C24H32FN5O3/c1-2-16(25)13-27-24-28-14-20(23(30-24)29-17-4-6-18(31)7-5-17)21-9-3-15(12-26-21)11-19-8-10-22(32)33-19/h3,9,12,14,16-19,31H,2,4-8,10-11,13H2,1H3,(H2,27,28,29,30)/t16-,17?,18?,19?/m0/s1. The van der Waals surface area contributed by atoms with Gasteiger partial charge in [0.2, 0.25) is 5.95 Å². The molecule has 178 valence electrons. The number of aliphatic hydroxyl groups excluding tert-OH is 1. The van der Waals surface area contributed by atoms with Gasteiger partial charge in [-0.15, -0.1) is 0 Å². The average molecular weight is 458 g/mol. The van der Waals surface area contributed by atoms with Crippen LogP contribution >= 0.6 is 0 Å². The first kappa shape index (κ1) is 23.4. The fraction of sp³-hybridized carbons (Fsp3) is 0.583. The first-order chi connectivity index (χ1) is 16.0. The highest BCUT2D eigenvalue weighted by Crippen LogP contribution is 2.29. The number of hydrogen-bond donors (Lipinski definition) is 3. The molecule has 1 aliphatic carbocycles. The van der Waals surface area contributed by atoms with Gasteiger partial charge < -0.3 is 20.5 Å². The van der Waals surface area contributed by atoms with Gasteiger partial charge in [-0.3, -0.25) is 9.78 Å². The minimum absolute atomic E-state index is 0.0832. The number of ether oxygens (including phenoxy) is 1. The number of aliphatic hydroxyl groups is 1. The monoisotopic (exact) mass is 457 g/mol. The maximum Gasteiger partial charge on any atom is 0.306 e. The number of hydrogen-bond acceptors (Lipinski definition) is 8. The highest BCUT2D eigenvalue weighted by Gasteiger charge is 2.24. The molecule has 1 saturated heterocycles. The lowest BCUT2D eigenvalue weighted by atomic mass is 9.93. The Bertz CT molecular complexity index is 934. The summed E-state index contributed by atoms with van der Waals surface area (Å²) in [6, 6.07) is 4.09. The third kappa shape index (κ3) is 6.37. The zero-order valence-electron chi connectivity index (χ0n) is 19.0. The quantitative estimate of drug-likeness (QED) is 0.490. The number of alkyl halides is 1. The molecule has 2 fully saturated rings. The number of esters is 1. The predicted molar refractivity (Wildman–Crippen MR) is 124 cm³/mol. The summed E-state index contributed by atoms with van der Waals surface area (Å²) in [7, 11) is 0. The lowest BCUT2D eigenvalue weighted by molar-refractivity contribution is -0.141. The minimum atomic E-state index is -0.960. The summed E-state index contributed by atoms with van der Waals surface area (Å²) < 4.78 is 19.0. The summed E-state index contributed by atoms with van der Waals surface area (Å²) in [5, 5.41) is 16.3. The summed E-state index contributed by atoms with van der Waals surface area (Å²) >= 11 is 0. The average Bonchev–Trinajstić information content (AvgIpc) is 3.24. The van der Waals surface area contributed by atoms with E-state index in [-0.39, 0.29) is 30.8 Å². The third-order valence-electron chi connectivity index (χ3n) is 6.28. The first-order valence-electron chi connectivity index (χ1n) is 11.8. The molecule has 3 N–H and O–H groups in total. The molecular formula is C24H32FN5O3. The Morgan fingerprint density at radius 1 is 1.18 bits per heavy atom. The van der Waals surface area contributed by atoms with Gasteiger partial charge in [-0.05, 0) is 50.2 Å². The number of pyridine rings is 1. The zero-order chi connectivity index (χ0) is 23.2. The summed E-state index contributed by atoms with van der Waals surface area (Å²) in [4.78, 5) is 24.9. The number of carbonyl (C=O) groups excluding carboxylic acids is 1. The Labute approximate surface area is 193 Å². The molecule has 0 amide bonds. The van der Waals surface area contributed by atoms with Crippen LogP contribution in [0.3, 0.4) is 0 Å². The molecule has 4 rings (SSSR count). The molecule has 0 bridgehead atoms. The molecule has 1 saturated carbocycles. The van der Waals surface area contributed by atoms with Crippen molar-refractivity contribution >= 4 is 17.7 Å². The fourth-order valence-corrected chi connectivity index (χ4v) is 4.22. The smallest absolute Gasteiger partial charge is 0.306 e. The Morgan fingerprint density at radius 2 is 2.00 bits per heavy atom. The van der Waals surface area contributed by atoms with Crippen molar-refractivity contribution in [2.24, 2.45) is 0 Å². The van der Waals surface area contributed by atoms with E-state index in [9.17, 15) is 14.3 Å². The van der Waals surface area contributed by atoms with Crippen LogP contribution in [0.5, 0.6) is 0 Å². The SMILES string of the molecule is CC[C@H](F)CNc1ncc(-c2ccc(CC3CCC(=O)O3)cn2)c(NC2CCC(O)CC2)n1. The van der Waals surface area contributed by atoms with E-state index in [1.54, 1.807) is 19.3 Å². The number of nitrogens with zero attached hydrogens (tertiary/aromatic N) is 3. The highest BCUT2D eigenvalue weighted by molar-refractivity contribution is 5.73. The van der Waals surface area contributed by atoms with Crippen LogP contribution in [-0.4, -0.2) is 57.0 Å². The van der Waals surface area contributed by atoms with Crippen LogP contribution in [0, 0.1) is 0 Å². The molecular weight excluding hydrogens is 425 g/mol. The molecule has 9 heteroatoms. The van der Waals surface area contributed by atoms with Crippen LogP contribution < -0.4 is 10.6 Å². The van der Waals surface area contributed by atoms with Gasteiger partial charge in [0.25, 0.3) is 0 Å². The van der Waals surface area contributed by atoms with Crippen LogP contribution in [0.1, 0.15) is 57.4 Å². The Morgan fingerprint density at radius 3 is 2.67 bits per heavy atom. The Hall–Kier alpha value is -2.81. The minimum Gasteiger partial charge on any atom is -0.462 e. The molecule has 2 aliphatic rings. The maximum atomic E-state index is 13.7. The van der Waals surface area contributed by atoms with Gasteiger partial charge in [0.1, 0.15) is 18.1 Å². The second-order valence-electron chi connectivity index (χ2n) is 8.90. The molecule has 0 spiro atoms. The van der Waals surface area contributed by atoms with E-state index in [1.807, 2.05) is 12.1 Å². The molecule has 33 heavy (non-hydrogen) atoms. The van der Waals surface area contributed by atoms with Crippen molar-refractivity contribution < 1.29 is 19.0 Å². The van der Waals surface area contributed by atoms with Crippen molar-refractivity contribution in [2.75, 3.05) is 17.2 Å². The van der Waals surface area contributed by atoms with Crippen LogP contribution in [0.15, 0.2) is 24.5 Å². The summed E-state index contributed by atoms with van der Waals surface area (Å²) in [5.41, 5.74) is 2.49. The van der Waals surface area contributed by atoms with Crippen molar-refractivity contribution in [1.29, 1.82) is 0 Å². The molecule has 2 aromatic heterocycles. The topological polar surface area (TPSA) is 109 Å². The van der Waals surface area contributed by atoms with Gasteiger partial charge in [-0.2, -0.15) is 4.98 Å². The van der Waals surface area contributed by atoms with Crippen molar-refractivity contribution in [2.45, 2.75) is 82.7 Å². The number of anilines is 2. The number of rotatable bonds is 9. The van der Waals surface area contributed by atoms with E-state index in [1.165, 1.54) is 0 Å². The molecule has 2 aromatic rings. The zero-order valence-corrected chi connectivity index (χ0v) is 19.0. The lowest BCUT2D eigenvalue weighted by Crippen LogP contribution is -2.29. The van der Waals surface area contributed by atoms with Crippen molar-refractivity contribution in [3.63, 3.8) is 0 Å². The van der Waals surface area contributed by atoms with Gasteiger partial charge in [-0.1, -0.05) is 13.0 Å². The van der Waals surface area contributed by atoms with Crippen LogP contribution in [0.4, 0.5) is 16.2 Å². The van der Waals surface area contributed by atoms with Crippen LogP contribution in [-0.2, 0) is 16.0 Å². The molecule has 2 atom stereocenters. The second-order valence-corrected chi connectivity index (χ2v) is 8.90. The number of halogens is 1. The van der Waals surface area contributed by atoms with E-state index in [0.29, 0.717) is 31.0 Å². The van der Waals surface area contributed by atoms with Gasteiger partial charge in [0.15, 0.2) is 0 Å². The lowest BCUT2D eigenvalue weighted by Gasteiger charge is -2.27. The Kier molecular flexibility index (Phi) is 7.69. The van der Waals surface area contributed by atoms with E-state index >= 15 is 0 Å². The van der Waals surface area contributed by atoms with Gasteiger partial charge >= 0.3 is 5.97 Å². The first-order valence-corrected chi connectivity index (χ1v) is 11.8. The van der Waals surface area contributed by atoms with Crippen molar-refractivity contribution in [3.8, 4) is 11.3 Å². The molecule has 1 aliphatic heterocycles. The number of aromatic nitrogens is 3. The molecule has 8 nitrogen and oxygen atoms in total. The molecule has 3 heterocycles. The number of carbonyl (C=O) groups is 1. The second kappa shape index (κ2) is 10.9. The van der Waals surface area contributed by atoms with Gasteiger partial charge in [-0.25, -0.2) is 9.37 Å². The number of nitrogens with one attached hydrogen (secondary N) is 2. The normalized spacial score (nSPS) is 23.7. The summed E-state index contributed by atoms with van der Waals surface area (Å²) in [6.07, 6.45) is 7.71. The van der Waals surface area contributed by atoms with Gasteiger partial charge in [0, 0.05) is 37.8 Å². The summed E-state index contributed by atoms with van der Waals surface area (Å²) in [5.74, 6) is 0.873. The highest BCUT2D eigenvalue weighted by atomic mass is 19.1. The number of cyclic esters (lactones) is 1. The fourth-order valence-electron chi connectivity index (χ4n) is 4.22. The molecule has 0 aromatic carbocycles. The van der Waals surface area contributed by atoms with Crippen LogP contribution in [0.25, 0.3) is 11.3 Å². The van der Waals surface area contributed by atoms with Crippen molar-refractivity contribution in [1.82, 2.24) is 15.0 Å².